The summed E-state index contributed by atoms with van der Waals surface area (Å²) in [6.45, 7) is 6.06. The fourth-order valence-corrected chi connectivity index (χ4v) is 3.70. The number of rotatable bonds is 3. The van der Waals surface area contributed by atoms with E-state index in [4.69, 9.17) is 0 Å². The van der Waals surface area contributed by atoms with Crippen LogP contribution in [-0.2, 0) is 0 Å². The third-order valence-corrected chi connectivity index (χ3v) is 5.01. The molecule has 0 radical (unpaired) electrons. The smallest absolute Gasteiger partial charge is 0.00180 e. The van der Waals surface area contributed by atoms with Crippen molar-refractivity contribution in [3.8, 4) is 0 Å². The number of nitrogens with one attached hydrogen (secondary N) is 1. The quantitative estimate of drug-likeness (QED) is 0.750. The van der Waals surface area contributed by atoms with E-state index >= 15 is 0 Å². The predicted octanol–water partition coefficient (Wildman–Crippen LogP) is 3.45. The molecule has 0 amide bonds. The first kappa shape index (κ1) is 11.4. The van der Waals surface area contributed by atoms with E-state index < -0.39 is 0 Å². The second kappa shape index (κ2) is 4.45. The Kier molecular flexibility index (Phi) is 3.39. The molecule has 3 unspecified atom stereocenters. The fourth-order valence-electron chi connectivity index (χ4n) is 3.70. The molecular formula is C14H27N. The first-order valence-corrected chi connectivity index (χ1v) is 6.82. The highest BCUT2D eigenvalue weighted by Gasteiger charge is 2.52. The highest BCUT2D eigenvalue weighted by atomic mass is 14.8. The van der Waals surface area contributed by atoms with Gasteiger partial charge in [-0.3, -0.25) is 0 Å². The zero-order chi connectivity index (χ0) is 10.9. The molecule has 0 heterocycles. The van der Waals surface area contributed by atoms with Crippen LogP contribution >= 0.6 is 0 Å². The molecule has 3 atom stereocenters. The summed E-state index contributed by atoms with van der Waals surface area (Å²) in [5.41, 5.74) is 0.784. The van der Waals surface area contributed by atoms with Crippen molar-refractivity contribution in [3.05, 3.63) is 0 Å². The molecule has 2 rings (SSSR count). The Morgan fingerprint density at radius 3 is 2.73 bits per heavy atom. The van der Waals surface area contributed by atoms with Crippen molar-refractivity contribution in [1.82, 2.24) is 5.32 Å². The zero-order valence-corrected chi connectivity index (χ0v) is 10.7. The van der Waals surface area contributed by atoms with E-state index in [2.05, 4.69) is 26.2 Å². The summed E-state index contributed by atoms with van der Waals surface area (Å²) in [4.78, 5) is 0. The molecular weight excluding hydrogens is 182 g/mol. The first-order valence-electron chi connectivity index (χ1n) is 6.82. The molecule has 2 fully saturated rings. The second-order valence-electron chi connectivity index (χ2n) is 6.26. The zero-order valence-electron chi connectivity index (χ0n) is 10.7. The van der Waals surface area contributed by atoms with Crippen LogP contribution in [0.1, 0.15) is 52.4 Å². The van der Waals surface area contributed by atoms with Crippen LogP contribution in [0.5, 0.6) is 0 Å². The van der Waals surface area contributed by atoms with Crippen LogP contribution in [-0.4, -0.2) is 13.6 Å². The van der Waals surface area contributed by atoms with E-state index in [9.17, 15) is 0 Å². The van der Waals surface area contributed by atoms with E-state index in [0.717, 1.165) is 23.2 Å². The Morgan fingerprint density at radius 2 is 2.07 bits per heavy atom. The molecule has 0 bridgehead atoms. The Morgan fingerprint density at radius 1 is 1.27 bits per heavy atom. The number of hydrogen-bond donors (Lipinski definition) is 1. The summed E-state index contributed by atoms with van der Waals surface area (Å²) < 4.78 is 0. The lowest BCUT2D eigenvalue weighted by molar-refractivity contribution is 0.326. The molecule has 2 saturated carbocycles. The van der Waals surface area contributed by atoms with Gasteiger partial charge in [0.15, 0.2) is 0 Å². The van der Waals surface area contributed by atoms with Gasteiger partial charge in [0.25, 0.3) is 0 Å². The van der Waals surface area contributed by atoms with Crippen molar-refractivity contribution in [1.29, 1.82) is 0 Å². The molecule has 0 saturated heterocycles. The van der Waals surface area contributed by atoms with Crippen LogP contribution in [0.25, 0.3) is 0 Å². The van der Waals surface area contributed by atoms with Gasteiger partial charge in [-0.25, -0.2) is 0 Å². The van der Waals surface area contributed by atoms with Crippen molar-refractivity contribution in [2.45, 2.75) is 52.4 Å². The number of hydrogen-bond acceptors (Lipinski definition) is 1. The van der Waals surface area contributed by atoms with Gasteiger partial charge in [0.05, 0.1) is 0 Å². The minimum atomic E-state index is 0.784. The Labute approximate surface area is 95.0 Å². The Bertz CT molecular complexity index is 211. The molecule has 0 aromatic rings. The highest BCUT2D eigenvalue weighted by molar-refractivity contribution is 5.03. The van der Waals surface area contributed by atoms with Crippen LogP contribution < -0.4 is 5.32 Å². The maximum Gasteiger partial charge on any atom is -0.00180 e. The summed E-state index contributed by atoms with van der Waals surface area (Å²) in [5, 5.41) is 3.36. The summed E-state index contributed by atoms with van der Waals surface area (Å²) in [6, 6.07) is 0. The molecule has 1 N–H and O–H groups in total. The van der Waals surface area contributed by atoms with Gasteiger partial charge in [0, 0.05) is 0 Å². The molecule has 0 aliphatic heterocycles. The van der Waals surface area contributed by atoms with Gasteiger partial charge in [0.2, 0.25) is 0 Å². The van der Waals surface area contributed by atoms with Crippen LogP contribution in [0, 0.1) is 23.2 Å². The third-order valence-electron chi connectivity index (χ3n) is 5.01. The molecule has 0 aromatic carbocycles. The van der Waals surface area contributed by atoms with Gasteiger partial charge in [-0.1, -0.05) is 26.7 Å². The van der Waals surface area contributed by atoms with Gasteiger partial charge in [-0.15, -0.1) is 0 Å². The van der Waals surface area contributed by atoms with Crippen molar-refractivity contribution in [2.75, 3.05) is 13.6 Å². The SMILES string of the molecule is CNCC1CC12CCCC(C(C)C)CC2. The molecule has 1 spiro atoms. The highest BCUT2D eigenvalue weighted by Crippen LogP contribution is 2.61. The average molecular weight is 209 g/mol. The van der Waals surface area contributed by atoms with E-state index in [1.54, 1.807) is 0 Å². The largest absolute Gasteiger partial charge is 0.319 e. The standard InChI is InChI=1S/C14H27N/c1-11(2)12-5-4-7-14(8-6-12)9-13(14)10-15-3/h11-13,15H,4-10H2,1-3H3. The van der Waals surface area contributed by atoms with Gasteiger partial charge >= 0.3 is 0 Å². The molecule has 88 valence electrons. The molecule has 1 nitrogen and oxygen atoms in total. The molecule has 2 aliphatic rings. The minimum absolute atomic E-state index is 0.784. The van der Waals surface area contributed by atoms with Gasteiger partial charge in [-0.05, 0) is 62.4 Å². The minimum Gasteiger partial charge on any atom is -0.319 e. The first-order chi connectivity index (χ1) is 7.18. The van der Waals surface area contributed by atoms with E-state index in [1.165, 1.54) is 45.1 Å². The van der Waals surface area contributed by atoms with Crippen molar-refractivity contribution >= 4 is 0 Å². The molecule has 1 heteroatoms. The second-order valence-corrected chi connectivity index (χ2v) is 6.26. The van der Waals surface area contributed by atoms with Crippen molar-refractivity contribution < 1.29 is 0 Å². The maximum atomic E-state index is 3.36. The lowest BCUT2D eigenvalue weighted by Crippen LogP contribution is -2.15. The van der Waals surface area contributed by atoms with Gasteiger partial charge in [0.1, 0.15) is 0 Å². The monoisotopic (exact) mass is 209 g/mol. The summed E-state index contributed by atoms with van der Waals surface area (Å²) in [5.74, 6) is 2.93. The van der Waals surface area contributed by atoms with E-state index in [0.29, 0.717) is 0 Å². The summed E-state index contributed by atoms with van der Waals surface area (Å²) in [7, 11) is 2.10. The van der Waals surface area contributed by atoms with Crippen LogP contribution in [0.4, 0.5) is 0 Å². The predicted molar refractivity (Wildman–Crippen MR) is 65.9 cm³/mol. The average Bonchev–Trinajstić information content (AvgIpc) is 2.90. The normalized spacial score (nSPS) is 40.8. The topological polar surface area (TPSA) is 12.0 Å². The van der Waals surface area contributed by atoms with Crippen LogP contribution in [0.2, 0.25) is 0 Å². The van der Waals surface area contributed by atoms with Gasteiger partial charge in [-0.2, -0.15) is 0 Å². The third kappa shape index (κ3) is 2.38. The van der Waals surface area contributed by atoms with Gasteiger partial charge < -0.3 is 5.32 Å². The molecule has 2 aliphatic carbocycles. The molecule has 0 aromatic heterocycles. The fraction of sp³-hybridized carbons (Fsp3) is 1.00. The maximum absolute atomic E-state index is 3.36. The van der Waals surface area contributed by atoms with E-state index in [-0.39, 0.29) is 0 Å². The summed E-state index contributed by atoms with van der Waals surface area (Å²) in [6.07, 6.45) is 9.02. The summed E-state index contributed by atoms with van der Waals surface area (Å²) >= 11 is 0. The van der Waals surface area contributed by atoms with Crippen LogP contribution in [0.3, 0.4) is 0 Å². The van der Waals surface area contributed by atoms with Crippen LogP contribution in [0.15, 0.2) is 0 Å². The Hall–Kier alpha value is -0.0400. The van der Waals surface area contributed by atoms with Crippen molar-refractivity contribution in [2.24, 2.45) is 23.2 Å². The lowest BCUT2D eigenvalue weighted by Gasteiger charge is -2.18. The Balaban J connectivity index is 1.86. The van der Waals surface area contributed by atoms with Crippen molar-refractivity contribution in [3.63, 3.8) is 0 Å². The molecule has 15 heavy (non-hydrogen) atoms. The van der Waals surface area contributed by atoms with E-state index in [1.807, 2.05) is 0 Å². The lowest BCUT2D eigenvalue weighted by atomic mass is 9.87.